The number of carbonyl (C=O) groups excluding carboxylic acids is 1. The number of esters is 1. The second-order valence-corrected chi connectivity index (χ2v) is 4.36. The number of carbonyl (C=O) groups is 1. The van der Waals surface area contributed by atoms with Crippen LogP contribution in [-0.4, -0.2) is 17.6 Å². The summed E-state index contributed by atoms with van der Waals surface area (Å²) in [5.41, 5.74) is 1.98. The van der Waals surface area contributed by atoms with Crippen LogP contribution in [0, 0.1) is 0 Å². The number of hydrogen-bond acceptors (Lipinski definition) is 2. The molecule has 0 amide bonds. The van der Waals surface area contributed by atoms with Crippen molar-refractivity contribution in [3.63, 3.8) is 0 Å². The Morgan fingerprint density at radius 2 is 2.21 bits per heavy atom. The van der Waals surface area contributed by atoms with E-state index in [0.29, 0.717) is 11.6 Å². The minimum Gasteiger partial charge on any atom is -0.463 e. The summed E-state index contributed by atoms with van der Waals surface area (Å²) in [6.07, 6.45) is 6.70. The van der Waals surface area contributed by atoms with Gasteiger partial charge < -0.3 is 9.72 Å². The van der Waals surface area contributed by atoms with E-state index in [1.807, 2.05) is 30.3 Å². The number of aromatic nitrogens is 1. The van der Waals surface area contributed by atoms with Gasteiger partial charge in [-0.25, -0.2) is 4.79 Å². The fourth-order valence-electron chi connectivity index (χ4n) is 1.70. The molecule has 2 rings (SSSR count). The molecule has 0 radical (unpaired) electrons. The fourth-order valence-corrected chi connectivity index (χ4v) is 1.88. The predicted molar refractivity (Wildman–Crippen MR) is 78.1 cm³/mol. The van der Waals surface area contributed by atoms with Crippen LogP contribution in [-0.2, 0) is 9.53 Å². The fraction of sp³-hybridized carbons (Fsp3) is 0.133. The number of ether oxygens (including phenoxy) is 1. The molecule has 4 heteroatoms. The standard InChI is InChI=1S/C15H14ClNO2/c1-2-19-15(18)6-4-3-5-13-10-11-9-12(16)7-8-14(11)17-13/h3-10,17H,2H2,1H3/b5-3+,6-4+. The van der Waals surface area contributed by atoms with Crippen LogP contribution in [0.3, 0.4) is 0 Å². The summed E-state index contributed by atoms with van der Waals surface area (Å²) in [4.78, 5) is 14.3. The Labute approximate surface area is 116 Å². The first kappa shape index (κ1) is 13.4. The van der Waals surface area contributed by atoms with Crippen LogP contribution in [0.2, 0.25) is 5.02 Å². The van der Waals surface area contributed by atoms with E-state index < -0.39 is 0 Å². The third-order valence-electron chi connectivity index (χ3n) is 2.51. The zero-order valence-corrected chi connectivity index (χ0v) is 11.3. The quantitative estimate of drug-likeness (QED) is 0.521. The summed E-state index contributed by atoms with van der Waals surface area (Å²) in [5, 5.41) is 1.77. The van der Waals surface area contributed by atoms with Gasteiger partial charge in [-0.1, -0.05) is 23.8 Å². The zero-order chi connectivity index (χ0) is 13.7. The van der Waals surface area contributed by atoms with Crippen molar-refractivity contribution >= 4 is 34.5 Å². The highest BCUT2D eigenvalue weighted by Gasteiger charge is 1.98. The van der Waals surface area contributed by atoms with Crippen LogP contribution in [0.15, 0.2) is 42.5 Å². The monoisotopic (exact) mass is 275 g/mol. The average molecular weight is 276 g/mol. The molecule has 19 heavy (non-hydrogen) atoms. The molecule has 0 unspecified atom stereocenters. The molecule has 0 aliphatic heterocycles. The maximum atomic E-state index is 11.1. The Morgan fingerprint density at radius 1 is 1.37 bits per heavy atom. The van der Waals surface area contributed by atoms with Gasteiger partial charge in [0.05, 0.1) is 6.61 Å². The molecule has 2 aromatic rings. The van der Waals surface area contributed by atoms with Gasteiger partial charge >= 0.3 is 5.97 Å². The van der Waals surface area contributed by atoms with Gasteiger partial charge in [0.25, 0.3) is 0 Å². The van der Waals surface area contributed by atoms with Crippen LogP contribution in [0.5, 0.6) is 0 Å². The molecule has 98 valence electrons. The maximum absolute atomic E-state index is 11.1. The smallest absolute Gasteiger partial charge is 0.330 e. The highest BCUT2D eigenvalue weighted by atomic mass is 35.5. The van der Waals surface area contributed by atoms with Gasteiger partial charge in [0, 0.05) is 27.7 Å². The zero-order valence-electron chi connectivity index (χ0n) is 10.5. The minimum atomic E-state index is -0.337. The van der Waals surface area contributed by atoms with Crippen LogP contribution in [0.1, 0.15) is 12.6 Å². The van der Waals surface area contributed by atoms with E-state index in [2.05, 4.69) is 4.98 Å². The van der Waals surface area contributed by atoms with E-state index in [1.165, 1.54) is 6.08 Å². The largest absolute Gasteiger partial charge is 0.463 e. The number of hydrogen-bond donors (Lipinski definition) is 1. The van der Waals surface area contributed by atoms with Crippen LogP contribution in [0.4, 0.5) is 0 Å². The Kier molecular flexibility index (Phi) is 4.42. The van der Waals surface area contributed by atoms with E-state index in [1.54, 1.807) is 19.1 Å². The van der Waals surface area contributed by atoms with Crippen molar-refractivity contribution in [1.29, 1.82) is 0 Å². The van der Waals surface area contributed by atoms with Crippen molar-refractivity contribution in [2.75, 3.05) is 6.61 Å². The average Bonchev–Trinajstić information content (AvgIpc) is 2.77. The lowest BCUT2D eigenvalue weighted by Crippen LogP contribution is -1.98. The molecule has 0 saturated heterocycles. The van der Waals surface area contributed by atoms with Crippen molar-refractivity contribution in [1.82, 2.24) is 4.98 Å². The van der Waals surface area contributed by atoms with E-state index in [-0.39, 0.29) is 5.97 Å². The molecule has 0 fully saturated rings. The van der Waals surface area contributed by atoms with E-state index in [9.17, 15) is 4.79 Å². The number of benzene rings is 1. The molecule has 1 aromatic carbocycles. The normalized spacial score (nSPS) is 11.7. The van der Waals surface area contributed by atoms with Gasteiger partial charge in [0.15, 0.2) is 0 Å². The van der Waals surface area contributed by atoms with Crippen molar-refractivity contribution < 1.29 is 9.53 Å². The van der Waals surface area contributed by atoms with Gasteiger partial charge in [0.1, 0.15) is 0 Å². The minimum absolute atomic E-state index is 0.337. The molecule has 1 N–H and O–H groups in total. The number of rotatable bonds is 4. The number of fused-ring (bicyclic) bond motifs is 1. The number of H-pyrrole nitrogens is 1. The Hall–Kier alpha value is -2.00. The van der Waals surface area contributed by atoms with Crippen LogP contribution in [0.25, 0.3) is 17.0 Å². The molecule has 0 spiro atoms. The molecular formula is C15H14ClNO2. The second-order valence-electron chi connectivity index (χ2n) is 3.93. The van der Waals surface area contributed by atoms with Gasteiger partial charge in [0.2, 0.25) is 0 Å². The predicted octanol–water partition coefficient (Wildman–Crippen LogP) is 3.95. The first-order valence-electron chi connectivity index (χ1n) is 5.99. The van der Waals surface area contributed by atoms with Gasteiger partial charge in [-0.05, 0) is 37.3 Å². The van der Waals surface area contributed by atoms with Crippen molar-refractivity contribution in [2.24, 2.45) is 0 Å². The third-order valence-corrected chi connectivity index (χ3v) is 2.74. The van der Waals surface area contributed by atoms with E-state index >= 15 is 0 Å². The molecule has 1 aromatic heterocycles. The Morgan fingerprint density at radius 3 is 3.00 bits per heavy atom. The third kappa shape index (κ3) is 3.73. The number of allylic oxidation sites excluding steroid dienone is 2. The topological polar surface area (TPSA) is 42.1 Å². The van der Waals surface area contributed by atoms with Gasteiger partial charge in [-0.3, -0.25) is 0 Å². The molecule has 0 atom stereocenters. The van der Waals surface area contributed by atoms with Crippen molar-refractivity contribution in [3.8, 4) is 0 Å². The molecule has 0 aliphatic carbocycles. The SMILES string of the molecule is CCOC(=O)/C=C/C=C/c1cc2cc(Cl)ccc2[nH]1. The van der Waals surface area contributed by atoms with Crippen molar-refractivity contribution in [2.45, 2.75) is 6.92 Å². The lowest BCUT2D eigenvalue weighted by atomic mass is 10.2. The summed E-state index contributed by atoms with van der Waals surface area (Å²) in [7, 11) is 0. The highest BCUT2D eigenvalue weighted by Crippen LogP contribution is 2.20. The summed E-state index contributed by atoms with van der Waals surface area (Å²) in [5.74, 6) is -0.337. The maximum Gasteiger partial charge on any atom is 0.330 e. The molecular weight excluding hydrogens is 262 g/mol. The summed E-state index contributed by atoms with van der Waals surface area (Å²) < 4.78 is 4.77. The molecule has 0 saturated carbocycles. The summed E-state index contributed by atoms with van der Waals surface area (Å²) >= 11 is 5.92. The first-order valence-corrected chi connectivity index (χ1v) is 6.36. The van der Waals surface area contributed by atoms with E-state index in [4.69, 9.17) is 16.3 Å². The van der Waals surface area contributed by atoms with Gasteiger partial charge in [-0.2, -0.15) is 0 Å². The van der Waals surface area contributed by atoms with Crippen LogP contribution >= 0.6 is 11.6 Å². The lowest BCUT2D eigenvalue weighted by Gasteiger charge is -1.92. The molecule has 3 nitrogen and oxygen atoms in total. The number of nitrogens with one attached hydrogen (secondary N) is 1. The lowest BCUT2D eigenvalue weighted by molar-refractivity contribution is -0.137. The molecule has 0 bridgehead atoms. The highest BCUT2D eigenvalue weighted by molar-refractivity contribution is 6.31. The molecule has 0 aliphatic rings. The summed E-state index contributed by atoms with van der Waals surface area (Å²) in [6, 6.07) is 7.67. The van der Waals surface area contributed by atoms with Gasteiger partial charge in [-0.15, -0.1) is 0 Å². The molecule has 1 heterocycles. The van der Waals surface area contributed by atoms with Crippen LogP contribution < -0.4 is 0 Å². The number of halogens is 1. The van der Waals surface area contributed by atoms with E-state index in [0.717, 1.165) is 16.6 Å². The second kappa shape index (κ2) is 6.25. The summed E-state index contributed by atoms with van der Waals surface area (Å²) in [6.45, 7) is 2.16. The Bertz CT molecular complexity index is 641. The number of aromatic amines is 1. The van der Waals surface area contributed by atoms with Crippen molar-refractivity contribution in [3.05, 3.63) is 53.2 Å². The first-order chi connectivity index (χ1) is 9.19. The Balaban J connectivity index is 2.07.